The van der Waals surface area contributed by atoms with Crippen LogP contribution in [0.5, 0.6) is 11.5 Å². The summed E-state index contributed by atoms with van der Waals surface area (Å²) < 4.78 is 11.1. The monoisotopic (exact) mass is 469 g/mol. The zero-order valence-corrected chi connectivity index (χ0v) is 18.3. The van der Waals surface area contributed by atoms with Crippen molar-refractivity contribution in [2.24, 2.45) is 0 Å². The number of aromatic nitrogens is 2. The van der Waals surface area contributed by atoms with E-state index >= 15 is 0 Å². The molecule has 2 aromatic carbocycles. The topological polar surface area (TPSA) is 102 Å². The van der Waals surface area contributed by atoms with Crippen LogP contribution in [-0.4, -0.2) is 40.2 Å². The molecule has 0 bridgehead atoms. The Bertz CT molecular complexity index is 1290. The van der Waals surface area contributed by atoms with Gasteiger partial charge >= 0.3 is 5.91 Å². The highest BCUT2D eigenvalue weighted by molar-refractivity contribution is 7.15. The molecule has 8 nitrogen and oxygen atoms in total. The molecule has 0 aliphatic carbocycles. The number of aliphatic hydroxyl groups excluding tert-OH is 1. The van der Waals surface area contributed by atoms with Gasteiger partial charge in [0.2, 0.25) is 5.13 Å². The van der Waals surface area contributed by atoms with E-state index in [9.17, 15) is 14.7 Å². The number of ketones is 1. The number of aliphatic hydroxyl groups is 1. The summed E-state index contributed by atoms with van der Waals surface area (Å²) in [5.41, 5.74) is 0.818. The van der Waals surface area contributed by atoms with E-state index in [0.717, 1.165) is 0 Å². The van der Waals surface area contributed by atoms with Crippen LogP contribution in [-0.2, 0) is 9.59 Å². The fourth-order valence-corrected chi connectivity index (χ4v) is 4.66. The van der Waals surface area contributed by atoms with Crippen molar-refractivity contribution in [3.8, 4) is 11.5 Å². The second-order valence-electron chi connectivity index (χ2n) is 7.19. The summed E-state index contributed by atoms with van der Waals surface area (Å²) in [5.74, 6) is -0.952. The van der Waals surface area contributed by atoms with E-state index in [2.05, 4.69) is 10.2 Å². The first-order valence-corrected chi connectivity index (χ1v) is 10.9. The summed E-state index contributed by atoms with van der Waals surface area (Å²) >= 11 is 7.37. The average Bonchev–Trinajstić information content (AvgIpc) is 3.33. The Morgan fingerprint density at radius 3 is 2.62 bits per heavy atom. The number of hydrogen-bond donors (Lipinski definition) is 1. The third kappa shape index (κ3) is 3.39. The molecule has 5 rings (SSSR count). The molecular weight excluding hydrogens is 454 g/mol. The zero-order chi connectivity index (χ0) is 22.4. The smallest absolute Gasteiger partial charge is 0.301 e. The van der Waals surface area contributed by atoms with Gasteiger partial charge in [0.15, 0.2) is 11.5 Å². The molecular formula is C22H16ClN3O5S. The number of aryl methyl sites for hydroxylation is 1. The van der Waals surface area contributed by atoms with E-state index in [1.807, 2.05) is 0 Å². The first-order valence-electron chi connectivity index (χ1n) is 9.70. The molecule has 3 heterocycles. The quantitative estimate of drug-likeness (QED) is 0.352. The zero-order valence-electron chi connectivity index (χ0n) is 16.7. The van der Waals surface area contributed by atoms with Crippen molar-refractivity contribution < 1.29 is 24.2 Å². The number of anilines is 1. The molecule has 2 aliphatic rings. The van der Waals surface area contributed by atoms with Gasteiger partial charge in [0.05, 0.1) is 11.6 Å². The van der Waals surface area contributed by atoms with Gasteiger partial charge < -0.3 is 14.6 Å². The first kappa shape index (κ1) is 20.5. The van der Waals surface area contributed by atoms with Gasteiger partial charge in [0.25, 0.3) is 5.78 Å². The predicted molar refractivity (Wildman–Crippen MR) is 118 cm³/mol. The van der Waals surface area contributed by atoms with Crippen LogP contribution in [0.3, 0.4) is 0 Å². The average molecular weight is 470 g/mol. The van der Waals surface area contributed by atoms with Crippen LogP contribution in [0.25, 0.3) is 5.76 Å². The van der Waals surface area contributed by atoms with Gasteiger partial charge in [-0.25, -0.2) is 0 Å². The van der Waals surface area contributed by atoms with E-state index in [1.54, 1.807) is 49.4 Å². The Labute approximate surface area is 191 Å². The second-order valence-corrected chi connectivity index (χ2v) is 8.78. The van der Waals surface area contributed by atoms with Crippen LogP contribution in [0.15, 0.2) is 48.0 Å². The number of Topliss-reactive ketones (excluding diaryl/α,β-unsaturated/α-hetero) is 1. The van der Waals surface area contributed by atoms with Gasteiger partial charge in [-0.1, -0.05) is 35.1 Å². The SMILES string of the molecule is Cc1nnc(N2C(=O)C(=O)C(=C(O)c3ccc4c(c3)OCCO4)[C@@H]2c2cccc(Cl)c2)s1. The summed E-state index contributed by atoms with van der Waals surface area (Å²) in [6.45, 7) is 2.56. The summed E-state index contributed by atoms with van der Waals surface area (Å²) in [6.07, 6.45) is 0. The van der Waals surface area contributed by atoms with Gasteiger partial charge in [0.1, 0.15) is 24.0 Å². The van der Waals surface area contributed by atoms with Crippen LogP contribution in [0.2, 0.25) is 5.02 Å². The number of halogens is 1. The van der Waals surface area contributed by atoms with Crippen molar-refractivity contribution in [1.82, 2.24) is 10.2 Å². The number of nitrogens with zero attached hydrogens (tertiary/aromatic N) is 3. The molecule has 162 valence electrons. The Balaban J connectivity index is 1.70. The van der Waals surface area contributed by atoms with Crippen LogP contribution < -0.4 is 14.4 Å². The van der Waals surface area contributed by atoms with Crippen molar-refractivity contribution in [3.05, 3.63) is 69.2 Å². The molecule has 0 radical (unpaired) electrons. The minimum Gasteiger partial charge on any atom is -0.507 e. The second kappa shape index (κ2) is 7.92. The van der Waals surface area contributed by atoms with Gasteiger partial charge in [-0.2, -0.15) is 0 Å². The highest BCUT2D eigenvalue weighted by atomic mass is 35.5. The molecule has 0 saturated carbocycles. The molecule has 2 aliphatic heterocycles. The van der Waals surface area contributed by atoms with E-state index in [0.29, 0.717) is 45.9 Å². The lowest BCUT2D eigenvalue weighted by Gasteiger charge is -2.23. The van der Waals surface area contributed by atoms with Crippen molar-refractivity contribution in [2.75, 3.05) is 18.1 Å². The van der Waals surface area contributed by atoms with E-state index in [-0.39, 0.29) is 16.5 Å². The number of rotatable bonds is 3. The number of fused-ring (bicyclic) bond motifs is 1. The van der Waals surface area contributed by atoms with E-state index < -0.39 is 17.7 Å². The highest BCUT2D eigenvalue weighted by Crippen LogP contribution is 2.44. The maximum absolute atomic E-state index is 13.1. The summed E-state index contributed by atoms with van der Waals surface area (Å²) in [6, 6.07) is 10.7. The molecule has 1 atom stereocenters. The Hall–Kier alpha value is -3.43. The summed E-state index contributed by atoms with van der Waals surface area (Å²) in [7, 11) is 0. The standard InChI is InChI=1S/C22H16ClN3O5S/c1-11-24-25-22(32-11)26-18(12-3-2-4-14(23)9-12)17(20(28)21(26)29)19(27)13-5-6-15-16(10-13)31-8-7-30-15/h2-6,9-10,18,27H,7-8H2,1H3/t18-/m0/s1. The van der Waals surface area contributed by atoms with Crippen LogP contribution >= 0.6 is 22.9 Å². The number of carbonyl (C=O) groups excluding carboxylic acids is 2. The molecule has 10 heteroatoms. The molecule has 1 N–H and O–H groups in total. The number of benzene rings is 2. The summed E-state index contributed by atoms with van der Waals surface area (Å²) in [5, 5.41) is 20.6. The lowest BCUT2D eigenvalue weighted by atomic mass is 9.95. The molecule has 3 aromatic rings. The maximum atomic E-state index is 13.1. The number of amides is 1. The highest BCUT2D eigenvalue weighted by Gasteiger charge is 2.48. The number of hydrogen-bond acceptors (Lipinski definition) is 8. The lowest BCUT2D eigenvalue weighted by Crippen LogP contribution is -2.29. The molecule has 0 spiro atoms. The Kier molecular flexibility index (Phi) is 5.07. The molecule has 1 saturated heterocycles. The van der Waals surface area contributed by atoms with Crippen molar-refractivity contribution >= 4 is 45.5 Å². The van der Waals surface area contributed by atoms with Gasteiger partial charge in [-0.15, -0.1) is 10.2 Å². The van der Waals surface area contributed by atoms with Gasteiger partial charge in [0, 0.05) is 10.6 Å². The normalized spacial score (nSPS) is 19.4. The Morgan fingerprint density at radius 1 is 1.12 bits per heavy atom. The third-order valence-corrected chi connectivity index (χ3v) is 6.22. The van der Waals surface area contributed by atoms with E-state index in [1.165, 1.54) is 16.2 Å². The molecule has 0 unspecified atom stereocenters. The van der Waals surface area contributed by atoms with Crippen molar-refractivity contribution in [2.45, 2.75) is 13.0 Å². The molecule has 1 amide bonds. The largest absolute Gasteiger partial charge is 0.507 e. The van der Waals surface area contributed by atoms with Crippen molar-refractivity contribution in [1.29, 1.82) is 0 Å². The summed E-state index contributed by atoms with van der Waals surface area (Å²) in [4.78, 5) is 27.4. The Morgan fingerprint density at radius 2 is 1.91 bits per heavy atom. The lowest BCUT2D eigenvalue weighted by molar-refractivity contribution is -0.132. The van der Waals surface area contributed by atoms with Gasteiger partial charge in [-0.05, 0) is 42.8 Å². The number of carbonyl (C=O) groups is 2. The van der Waals surface area contributed by atoms with Crippen LogP contribution in [0.1, 0.15) is 22.2 Å². The molecule has 32 heavy (non-hydrogen) atoms. The molecule has 1 aromatic heterocycles. The fraction of sp³-hybridized carbons (Fsp3) is 0.182. The van der Waals surface area contributed by atoms with Crippen molar-refractivity contribution in [3.63, 3.8) is 0 Å². The minimum absolute atomic E-state index is 0.0678. The molecule has 1 fully saturated rings. The van der Waals surface area contributed by atoms with E-state index in [4.69, 9.17) is 21.1 Å². The van der Waals surface area contributed by atoms with Crippen LogP contribution in [0, 0.1) is 6.92 Å². The number of ether oxygens (including phenoxy) is 2. The minimum atomic E-state index is -0.922. The van der Waals surface area contributed by atoms with Crippen LogP contribution in [0.4, 0.5) is 5.13 Å². The third-order valence-electron chi connectivity index (χ3n) is 5.15. The predicted octanol–water partition coefficient (Wildman–Crippen LogP) is 3.90. The fourth-order valence-electron chi connectivity index (χ4n) is 3.75. The first-order chi connectivity index (χ1) is 15.4. The van der Waals surface area contributed by atoms with Gasteiger partial charge in [-0.3, -0.25) is 14.5 Å². The maximum Gasteiger partial charge on any atom is 0.301 e.